The maximum absolute atomic E-state index is 12.0. The van der Waals surface area contributed by atoms with Crippen LogP contribution < -0.4 is 14.8 Å². The van der Waals surface area contributed by atoms with Crippen molar-refractivity contribution in [3.63, 3.8) is 0 Å². The first-order chi connectivity index (χ1) is 12.2. The van der Waals surface area contributed by atoms with E-state index in [9.17, 15) is 4.79 Å². The van der Waals surface area contributed by atoms with Gasteiger partial charge in [0.15, 0.2) is 6.61 Å². The molecule has 0 saturated heterocycles. The van der Waals surface area contributed by atoms with Gasteiger partial charge in [-0.15, -0.1) is 0 Å². The third-order valence-corrected chi connectivity index (χ3v) is 3.54. The van der Waals surface area contributed by atoms with Crippen LogP contribution in [0.3, 0.4) is 0 Å². The Kier molecular flexibility index (Phi) is 5.58. The molecule has 0 aliphatic rings. The van der Waals surface area contributed by atoms with Crippen LogP contribution in [0.2, 0.25) is 0 Å². The van der Waals surface area contributed by atoms with Gasteiger partial charge in [0.25, 0.3) is 5.91 Å². The Morgan fingerprint density at radius 2 is 1.92 bits per heavy atom. The number of aromatic nitrogens is 2. The number of carbonyl (C=O) groups is 1. The highest BCUT2D eigenvalue weighted by atomic mass is 79.9. The van der Waals surface area contributed by atoms with Gasteiger partial charge < -0.3 is 14.8 Å². The lowest BCUT2D eigenvalue weighted by Crippen LogP contribution is -2.20. The summed E-state index contributed by atoms with van der Waals surface area (Å²) in [4.78, 5) is 20.0. The molecule has 7 heteroatoms. The Morgan fingerprint density at radius 3 is 2.72 bits per heavy atom. The first-order valence-corrected chi connectivity index (χ1v) is 8.20. The maximum Gasteiger partial charge on any atom is 0.262 e. The van der Waals surface area contributed by atoms with Crippen molar-refractivity contribution < 1.29 is 14.3 Å². The molecule has 0 aliphatic carbocycles. The second-order valence-corrected chi connectivity index (χ2v) is 5.88. The van der Waals surface area contributed by atoms with Crippen molar-refractivity contribution >= 4 is 27.5 Å². The molecule has 0 fully saturated rings. The third-order valence-electron chi connectivity index (χ3n) is 3.05. The van der Waals surface area contributed by atoms with Gasteiger partial charge in [0.05, 0.1) is 6.20 Å². The molecule has 1 N–H and O–H groups in total. The van der Waals surface area contributed by atoms with Crippen LogP contribution >= 0.6 is 15.9 Å². The van der Waals surface area contributed by atoms with E-state index in [4.69, 9.17) is 9.47 Å². The first kappa shape index (κ1) is 16.9. The molecule has 3 rings (SSSR count). The number of rotatable bonds is 6. The second-order valence-electron chi connectivity index (χ2n) is 4.97. The van der Waals surface area contributed by atoms with E-state index in [-0.39, 0.29) is 12.5 Å². The molecule has 1 amide bonds. The largest absolute Gasteiger partial charge is 0.484 e. The molecule has 1 aromatic heterocycles. The van der Waals surface area contributed by atoms with Crippen LogP contribution in [0.15, 0.2) is 71.6 Å². The van der Waals surface area contributed by atoms with Gasteiger partial charge in [-0.3, -0.25) is 9.78 Å². The van der Waals surface area contributed by atoms with Crippen LogP contribution in [-0.4, -0.2) is 22.5 Å². The molecule has 3 aromatic rings. The van der Waals surface area contributed by atoms with Gasteiger partial charge in [0.1, 0.15) is 11.5 Å². The monoisotopic (exact) mass is 399 g/mol. The highest BCUT2D eigenvalue weighted by molar-refractivity contribution is 9.10. The van der Waals surface area contributed by atoms with E-state index < -0.39 is 0 Å². The van der Waals surface area contributed by atoms with Crippen LogP contribution in [0.4, 0.5) is 5.69 Å². The fourth-order valence-electron chi connectivity index (χ4n) is 2.00. The number of amides is 1. The molecule has 25 heavy (non-hydrogen) atoms. The number of halogens is 1. The van der Waals surface area contributed by atoms with E-state index in [0.717, 1.165) is 4.47 Å². The maximum atomic E-state index is 12.0. The van der Waals surface area contributed by atoms with E-state index in [1.54, 1.807) is 48.8 Å². The van der Waals surface area contributed by atoms with Crippen molar-refractivity contribution in [2.75, 3.05) is 11.9 Å². The molecule has 0 saturated carbocycles. The van der Waals surface area contributed by atoms with Crippen molar-refractivity contribution in [1.82, 2.24) is 9.97 Å². The molecule has 2 aromatic carbocycles. The molecule has 1 heterocycles. The molecule has 6 nitrogen and oxygen atoms in total. The Hall–Kier alpha value is -2.93. The summed E-state index contributed by atoms with van der Waals surface area (Å²) >= 11 is 3.35. The average Bonchev–Trinajstić information content (AvgIpc) is 2.61. The topological polar surface area (TPSA) is 73.3 Å². The average molecular weight is 400 g/mol. The number of benzene rings is 2. The minimum atomic E-state index is -0.267. The smallest absolute Gasteiger partial charge is 0.262 e. The second kappa shape index (κ2) is 8.25. The van der Waals surface area contributed by atoms with Gasteiger partial charge in [0.2, 0.25) is 5.88 Å². The minimum Gasteiger partial charge on any atom is -0.484 e. The molecule has 126 valence electrons. The van der Waals surface area contributed by atoms with Crippen molar-refractivity contribution in [2.45, 2.75) is 0 Å². The van der Waals surface area contributed by atoms with E-state index in [1.807, 2.05) is 12.1 Å². The summed E-state index contributed by atoms with van der Waals surface area (Å²) in [7, 11) is 0. The van der Waals surface area contributed by atoms with E-state index in [2.05, 4.69) is 31.2 Å². The molecule has 0 bridgehead atoms. The van der Waals surface area contributed by atoms with Gasteiger partial charge in [-0.1, -0.05) is 28.1 Å². The zero-order valence-electron chi connectivity index (χ0n) is 13.1. The highest BCUT2D eigenvalue weighted by Crippen LogP contribution is 2.22. The van der Waals surface area contributed by atoms with Crippen LogP contribution in [0.5, 0.6) is 17.4 Å². The molecular formula is C18H14BrN3O3. The van der Waals surface area contributed by atoms with Crippen LogP contribution in [-0.2, 0) is 4.79 Å². The predicted octanol–water partition coefficient (Wildman–Crippen LogP) is 4.05. The van der Waals surface area contributed by atoms with Crippen molar-refractivity contribution in [3.8, 4) is 17.4 Å². The third kappa shape index (κ3) is 5.29. The number of nitrogens with zero attached hydrogens (tertiary/aromatic N) is 2. The van der Waals surface area contributed by atoms with Crippen LogP contribution in [0, 0.1) is 0 Å². The summed E-state index contributed by atoms with van der Waals surface area (Å²) in [6, 6.07) is 14.3. The Labute approximate surface area is 153 Å². The number of ether oxygens (including phenoxy) is 2. The van der Waals surface area contributed by atoms with Gasteiger partial charge >= 0.3 is 0 Å². The zero-order chi connectivity index (χ0) is 17.5. The van der Waals surface area contributed by atoms with E-state index in [0.29, 0.717) is 23.1 Å². The summed E-state index contributed by atoms with van der Waals surface area (Å²) in [5, 5.41) is 2.76. The Balaban J connectivity index is 1.57. The van der Waals surface area contributed by atoms with Crippen LogP contribution in [0.1, 0.15) is 0 Å². The minimum absolute atomic E-state index is 0.0916. The van der Waals surface area contributed by atoms with E-state index >= 15 is 0 Å². The van der Waals surface area contributed by atoms with Crippen molar-refractivity contribution in [2.24, 2.45) is 0 Å². The predicted molar refractivity (Wildman–Crippen MR) is 96.8 cm³/mol. The van der Waals surface area contributed by atoms with Crippen molar-refractivity contribution in [3.05, 3.63) is 71.6 Å². The van der Waals surface area contributed by atoms with Gasteiger partial charge in [-0.05, 0) is 30.3 Å². The quantitative estimate of drug-likeness (QED) is 0.676. The normalized spacial score (nSPS) is 10.1. The number of nitrogens with one attached hydrogen (secondary N) is 1. The fourth-order valence-corrected chi connectivity index (χ4v) is 2.38. The molecule has 0 spiro atoms. The summed E-state index contributed by atoms with van der Waals surface area (Å²) in [5.41, 5.74) is 0.601. The number of anilines is 1. The lowest BCUT2D eigenvalue weighted by Gasteiger charge is -2.09. The highest BCUT2D eigenvalue weighted by Gasteiger charge is 2.06. The molecule has 0 aliphatic heterocycles. The summed E-state index contributed by atoms with van der Waals surface area (Å²) in [6.07, 6.45) is 4.62. The van der Waals surface area contributed by atoms with E-state index in [1.165, 1.54) is 6.20 Å². The zero-order valence-corrected chi connectivity index (χ0v) is 14.6. The standard InChI is InChI=1S/C18H14BrN3O3/c19-13-3-1-5-15(9-13)24-12-17(23)22-14-4-2-6-16(10-14)25-18-11-20-7-8-21-18/h1-11H,12H2,(H,22,23). The van der Waals surface area contributed by atoms with Crippen LogP contribution in [0.25, 0.3) is 0 Å². The van der Waals surface area contributed by atoms with Gasteiger partial charge in [0, 0.05) is 28.6 Å². The first-order valence-electron chi connectivity index (χ1n) is 7.41. The molecule has 0 radical (unpaired) electrons. The SMILES string of the molecule is O=C(COc1cccc(Br)c1)Nc1cccc(Oc2cnccn2)c1. The van der Waals surface area contributed by atoms with Gasteiger partial charge in [-0.25, -0.2) is 4.98 Å². The van der Waals surface area contributed by atoms with Gasteiger partial charge in [-0.2, -0.15) is 0 Å². The molecular weight excluding hydrogens is 386 g/mol. The number of hydrogen-bond donors (Lipinski definition) is 1. The lowest BCUT2D eigenvalue weighted by atomic mass is 10.3. The molecule has 0 unspecified atom stereocenters. The Bertz CT molecular complexity index is 859. The summed E-state index contributed by atoms with van der Waals surface area (Å²) in [5.74, 6) is 1.27. The number of carbonyl (C=O) groups excluding carboxylic acids is 1. The molecule has 0 atom stereocenters. The fraction of sp³-hybridized carbons (Fsp3) is 0.0556. The Morgan fingerprint density at radius 1 is 1.08 bits per heavy atom. The number of hydrogen-bond acceptors (Lipinski definition) is 5. The summed E-state index contributed by atoms with van der Waals surface area (Å²) in [6.45, 7) is -0.0916. The van der Waals surface area contributed by atoms with Crippen molar-refractivity contribution in [1.29, 1.82) is 0 Å². The lowest BCUT2D eigenvalue weighted by molar-refractivity contribution is -0.118. The summed E-state index contributed by atoms with van der Waals surface area (Å²) < 4.78 is 11.9.